The van der Waals surface area contributed by atoms with Crippen LogP contribution in [0, 0.1) is 5.92 Å². The first-order chi connectivity index (χ1) is 4.38. The van der Waals surface area contributed by atoms with Gasteiger partial charge in [0.15, 0.2) is 0 Å². The fourth-order valence-electron chi connectivity index (χ4n) is 1.21. The van der Waals surface area contributed by atoms with E-state index in [1.807, 2.05) is 0 Å². The van der Waals surface area contributed by atoms with Crippen LogP contribution in [0.1, 0.15) is 26.2 Å². The maximum atomic E-state index is 5.39. The highest BCUT2D eigenvalue weighted by molar-refractivity contribution is 5.12. The normalized spacial score (nSPS) is 20.4. The molecule has 1 heteroatoms. The molecule has 1 rings (SSSR count). The van der Waals surface area contributed by atoms with Gasteiger partial charge in [-0.15, -0.1) is 0 Å². The summed E-state index contributed by atoms with van der Waals surface area (Å²) in [6.45, 7) is 2.93. The molecule has 1 fully saturated rings. The van der Waals surface area contributed by atoms with Gasteiger partial charge in [-0.1, -0.05) is 18.6 Å². The Morgan fingerprint density at radius 1 is 1.67 bits per heavy atom. The molecular weight excluding hydrogens is 110 g/mol. The van der Waals surface area contributed by atoms with E-state index < -0.39 is 0 Å². The Hall–Kier alpha value is -0.300. The lowest BCUT2D eigenvalue weighted by molar-refractivity contribution is 0.899. The fraction of sp³-hybridized carbons (Fsp3) is 0.750. The van der Waals surface area contributed by atoms with Gasteiger partial charge in [0.2, 0.25) is 0 Å². The summed E-state index contributed by atoms with van der Waals surface area (Å²) in [4.78, 5) is 0. The van der Waals surface area contributed by atoms with Crippen LogP contribution in [0.2, 0.25) is 0 Å². The fourth-order valence-corrected chi connectivity index (χ4v) is 1.21. The number of allylic oxidation sites excluding steroid dienone is 1. The van der Waals surface area contributed by atoms with E-state index in [-0.39, 0.29) is 0 Å². The molecule has 0 aromatic rings. The van der Waals surface area contributed by atoms with Crippen LogP contribution in [0.5, 0.6) is 0 Å². The van der Waals surface area contributed by atoms with Crippen molar-refractivity contribution in [2.24, 2.45) is 11.7 Å². The average molecular weight is 125 g/mol. The molecule has 0 atom stereocenters. The van der Waals surface area contributed by atoms with Crippen LogP contribution in [0.15, 0.2) is 11.6 Å². The van der Waals surface area contributed by atoms with Gasteiger partial charge in [-0.25, -0.2) is 0 Å². The van der Waals surface area contributed by atoms with Crippen molar-refractivity contribution in [1.29, 1.82) is 0 Å². The molecule has 0 saturated heterocycles. The monoisotopic (exact) mass is 125 g/mol. The molecule has 1 aliphatic carbocycles. The molecular formula is C8H15N. The lowest BCUT2D eigenvalue weighted by atomic mass is 10.1. The first kappa shape index (κ1) is 6.81. The van der Waals surface area contributed by atoms with Crippen molar-refractivity contribution in [1.82, 2.24) is 0 Å². The zero-order chi connectivity index (χ0) is 6.69. The molecule has 0 heterocycles. The predicted molar refractivity (Wildman–Crippen MR) is 40.2 cm³/mol. The van der Waals surface area contributed by atoms with Crippen LogP contribution in [0.4, 0.5) is 0 Å². The second-order valence-corrected chi connectivity index (χ2v) is 2.64. The first-order valence-electron chi connectivity index (χ1n) is 3.77. The topological polar surface area (TPSA) is 26.0 Å². The van der Waals surface area contributed by atoms with Crippen LogP contribution in [-0.2, 0) is 0 Å². The second-order valence-electron chi connectivity index (χ2n) is 2.64. The van der Waals surface area contributed by atoms with Crippen molar-refractivity contribution < 1.29 is 0 Å². The third kappa shape index (κ3) is 1.83. The summed E-state index contributed by atoms with van der Waals surface area (Å²) in [5.41, 5.74) is 6.98. The molecule has 0 aromatic carbocycles. The predicted octanol–water partition coefficient (Wildman–Crippen LogP) is 1.69. The van der Waals surface area contributed by atoms with Gasteiger partial charge in [-0.2, -0.15) is 0 Å². The number of rotatable bonds is 3. The molecule has 0 bridgehead atoms. The van der Waals surface area contributed by atoms with Crippen LogP contribution in [0.25, 0.3) is 0 Å². The summed E-state index contributed by atoms with van der Waals surface area (Å²) in [5, 5.41) is 0. The second kappa shape index (κ2) is 3.02. The average Bonchev–Trinajstić information content (AvgIpc) is 2.64. The highest BCUT2D eigenvalue weighted by atomic mass is 14.5. The SMILES string of the molecule is CC/C(=C/CN)C1CC1. The molecule has 0 amide bonds. The molecule has 0 radical (unpaired) electrons. The van der Waals surface area contributed by atoms with E-state index in [9.17, 15) is 0 Å². The molecule has 0 aliphatic heterocycles. The summed E-state index contributed by atoms with van der Waals surface area (Å²) in [7, 11) is 0. The smallest absolute Gasteiger partial charge is 0.0109 e. The number of hydrogen-bond donors (Lipinski definition) is 1. The third-order valence-corrected chi connectivity index (χ3v) is 1.89. The van der Waals surface area contributed by atoms with E-state index in [2.05, 4.69) is 13.0 Å². The maximum Gasteiger partial charge on any atom is 0.0109 e. The van der Waals surface area contributed by atoms with Gasteiger partial charge in [-0.05, 0) is 25.2 Å². The van der Waals surface area contributed by atoms with E-state index in [0.29, 0.717) is 0 Å². The quantitative estimate of drug-likeness (QED) is 0.571. The number of hydrogen-bond acceptors (Lipinski definition) is 1. The molecule has 1 nitrogen and oxygen atoms in total. The molecule has 1 saturated carbocycles. The Morgan fingerprint density at radius 3 is 2.67 bits per heavy atom. The van der Waals surface area contributed by atoms with Gasteiger partial charge in [-0.3, -0.25) is 0 Å². The zero-order valence-electron chi connectivity index (χ0n) is 6.06. The number of nitrogens with two attached hydrogens (primary N) is 1. The summed E-state index contributed by atoms with van der Waals surface area (Å²) in [6.07, 6.45) is 6.18. The van der Waals surface area contributed by atoms with Crippen molar-refractivity contribution in [3.05, 3.63) is 11.6 Å². The molecule has 1 aliphatic rings. The Labute approximate surface area is 56.9 Å². The molecule has 52 valence electrons. The Bertz CT molecular complexity index is 112. The van der Waals surface area contributed by atoms with Crippen LogP contribution in [-0.4, -0.2) is 6.54 Å². The molecule has 2 N–H and O–H groups in total. The highest BCUT2D eigenvalue weighted by Gasteiger charge is 2.23. The van der Waals surface area contributed by atoms with Crippen molar-refractivity contribution in [2.45, 2.75) is 26.2 Å². The molecule has 0 spiro atoms. The summed E-state index contributed by atoms with van der Waals surface area (Å²) < 4.78 is 0. The Balaban J connectivity index is 2.37. The Kier molecular flexibility index (Phi) is 2.29. The third-order valence-electron chi connectivity index (χ3n) is 1.89. The van der Waals surface area contributed by atoms with Gasteiger partial charge in [0.05, 0.1) is 0 Å². The summed E-state index contributed by atoms with van der Waals surface area (Å²) >= 11 is 0. The van der Waals surface area contributed by atoms with Gasteiger partial charge in [0.1, 0.15) is 0 Å². The minimum Gasteiger partial charge on any atom is -0.327 e. The van der Waals surface area contributed by atoms with Gasteiger partial charge in [0, 0.05) is 6.54 Å². The maximum absolute atomic E-state index is 5.39. The first-order valence-corrected chi connectivity index (χ1v) is 3.77. The molecule has 0 unspecified atom stereocenters. The zero-order valence-corrected chi connectivity index (χ0v) is 6.06. The van der Waals surface area contributed by atoms with E-state index in [1.54, 1.807) is 5.57 Å². The lowest BCUT2D eigenvalue weighted by Crippen LogP contribution is -1.96. The Morgan fingerprint density at radius 2 is 2.33 bits per heavy atom. The minimum absolute atomic E-state index is 0.722. The summed E-state index contributed by atoms with van der Waals surface area (Å²) in [5.74, 6) is 0.915. The lowest BCUT2D eigenvalue weighted by Gasteiger charge is -1.98. The van der Waals surface area contributed by atoms with Gasteiger partial charge in [0.25, 0.3) is 0 Å². The minimum atomic E-state index is 0.722. The summed E-state index contributed by atoms with van der Waals surface area (Å²) in [6, 6.07) is 0. The van der Waals surface area contributed by atoms with Crippen molar-refractivity contribution in [3.8, 4) is 0 Å². The standard InChI is InChI=1S/C8H15N/c1-2-7(5-6-9)8-3-4-8/h5,8H,2-4,6,9H2,1H3/b7-5-. The largest absolute Gasteiger partial charge is 0.327 e. The van der Waals surface area contributed by atoms with E-state index in [0.717, 1.165) is 12.5 Å². The van der Waals surface area contributed by atoms with Crippen molar-refractivity contribution in [3.63, 3.8) is 0 Å². The molecule has 9 heavy (non-hydrogen) atoms. The van der Waals surface area contributed by atoms with Crippen LogP contribution < -0.4 is 5.73 Å². The van der Waals surface area contributed by atoms with E-state index >= 15 is 0 Å². The van der Waals surface area contributed by atoms with Gasteiger partial charge < -0.3 is 5.73 Å². The van der Waals surface area contributed by atoms with Gasteiger partial charge >= 0.3 is 0 Å². The van der Waals surface area contributed by atoms with Crippen molar-refractivity contribution in [2.75, 3.05) is 6.54 Å². The highest BCUT2D eigenvalue weighted by Crippen LogP contribution is 2.37. The molecule has 0 aromatic heterocycles. The van der Waals surface area contributed by atoms with Crippen molar-refractivity contribution >= 4 is 0 Å². The van der Waals surface area contributed by atoms with Crippen LogP contribution in [0.3, 0.4) is 0 Å². The van der Waals surface area contributed by atoms with E-state index in [1.165, 1.54) is 19.3 Å². The van der Waals surface area contributed by atoms with Crippen LogP contribution >= 0.6 is 0 Å². The van der Waals surface area contributed by atoms with E-state index in [4.69, 9.17) is 5.73 Å².